The van der Waals surface area contributed by atoms with Gasteiger partial charge in [-0.25, -0.2) is 0 Å². The number of aromatic nitrogens is 3. The van der Waals surface area contributed by atoms with Crippen molar-refractivity contribution < 1.29 is 9.90 Å². The Bertz CT molecular complexity index is 395. The van der Waals surface area contributed by atoms with Gasteiger partial charge in [-0.15, -0.1) is 5.10 Å². The van der Waals surface area contributed by atoms with Crippen molar-refractivity contribution in [1.29, 1.82) is 0 Å². The molecular weight excluding hydrogens is 208 g/mol. The summed E-state index contributed by atoms with van der Waals surface area (Å²) in [6.45, 7) is 2.01. The number of nitrogens with one attached hydrogen (secondary N) is 1. The van der Waals surface area contributed by atoms with Crippen molar-refractivity contribution >= 4 is 5.91 Å². The van der Waals surface area contributed by atoms with Crippen LogP contribution in [0.25, 0.3) is 0 Å². The van der Waals surface area contributed by atoms with Gasteiger partial charge in [0.25, 0.3) is 5.91 Å². The molecule has 1 aromatic rings. The quantitative estimate of drug-likeness (QED) is 0.736. The van der Waals surface area contributed by atoms with Crippen molar-refractivity contribution in [2.24, 2.45) is 13.0 Å². The number of aliphatic hydroxyl groups is 1. The molecule has 0 unspecified atom stereocenters. The molecule has 1 atom stereocenters. The summed E-state index contributed by atoms with van der Waals surface area (Å²) in [7, 11) is 1.70. The third-order valence-electron chi connectivity index (χ3n) is 2.90. The number of nitrogens with zero attached hydrogens (tertiary/aromatic N) is 3. The Morgan fingerprint density at radius 2 is 2.44 bits per heavy atom. The molecule has 1 amide bonds. The fourth-order valence-corrected chi connectivity index (χ4v) is 1.65. The highest BCUT2D eigenvalue weighted by molar-refractivity contribution is 5.91. The second-order valence-electron chi connectivity index (χ2n) is 4.59. The molecule has 1 aliphatic carbocycles. The maximum Gasteiger partial charge on any atom is 0.273 e. The number of aryl methyl sites for hydroxylation is 1. The van der Waals surface area contributed by atoms with Crippen molar-refractivity contribution in [1.82, 2.24) is 20.3 Å². The van der Waals surface area contributed by atoms with Crippen LogP contribution in [0.2, 0.25) is 0 Å². The molecule has 1 aromatic heterocycles. The summed E-state index contributed by atoms with van der Waals surface area (Å²) in [5, 5.41) is 20.0. The van der Waals surface area contributed by atoms with Gasteiger partial charge in [0.1, 0.15) is 0 Å². The summed E-state index contributed by atoms with van der Waals surface area (Å²) in [4.78, 5) is 11.6. The van der Waals surface area contributed by atoms with Crippen molar-refractivity contribution in [2.45, 2.75) is 25.4 Å². The lowest BCUT2D eigenvalue weighted by molar-refractivity contribution is 0.0353. The SMILES string of the molecule is Cn1cc(C(=O)NC[C@](C)(O)C2CC2)nn1. The van der Waals surface area contributed by atoms with Crippen molar-refractivity contribution in [3.63, 3.8) is 0 Å². The van der Waals surface area contributed by atoms with Crippen LogP contribution in [-0.2, 0) is 7.05 Å². The Morgan fingerprint density at radius 1 is 1.75 bits per heavy atom. The first-order chi connectivity index (χ1) is 7.49. The van der Waals surface area contributed by atoms with Crippen molar-refractivity contribution in [2.75, 3.05) is 6.54 Å². The second kappa shape index (κ2) is 3.86. The molecule has 0 spiro atoms. The highest BCUT2D eigenvalue weighted by Crippen LogP contribution is 2.38. The lowest BCUT2D eigenvalue weighted by Crippen LogP contribution is -2.42. The lowest BCUT2D eigenvalue weighted by atomic mass is 10.0. The zero-order chi connectivity index (χ0) is 11.8. The lowest BCUT2D eigenvalue weighted by Gasteiger charge is -2.22. The van der Waals surface area contributed by atoms with E-state index in [0.717, 1.165) is 12.8 Å². The highest BCUT2D eigenvalue weighted by atomic mass is 16.3. The topological polar surface area (TPSA) is 80.0 Å². The molecule has 0 aliphatic heterocycles. The number of amides is 1. The van der Waals surface area contributed by atoms with E-state index < -0.39 is 5.60 Å². The van der Waals surface area contributed by atoms with Gasteiger partial charge in [-0.3, -0.25) is 9.48 Å². The number of hydrogen-bond acceptors (Lipinski definition) is 4. The first-order valence-corrected chi connectivity index (χ1v) is 5.36. The van der Waals surface area contributed by atoms with E-state index in [4.69, 9.17) is 0 Å². The van der Waals surface area contributed by atoms with Crippen LogP contribution in [0.1, 0.15) is 30.3 Å². The molecule has 6 nitrogen and oxygen atoms in total. The van der Waals surface area contributed by atoms with Crippen LogP contribution in [0.15, 0.2) is 6.20 Å². The molecule has 1 saturated carbocycles. The first-order valence-electron chi connectivity index (χ1n) is 5.36. The molecule has 1 aliphatic rings. The van der Waals surface area contributed by atoms with Crippen LogP contribution in [0.3, 0.4) is 0 Å². The standard InChI is InChI=1S/C10H16N4O2/c1-10(16,7-3-4-7)6-11-9(15)8-5-14(2)13-12-8/h5,7,16H,3-4,6H2,1-2H3,(H,11,15)/t10-/m0/s1. The molecule has 0 aromatic carbocycles. The Morgan fingerprint density at radius 3 is 2.94 bits per heavy atom. The van der Waals surface area contributed by atoms with Crippen molar-refractivity contribution in [3.8, 4) is 0 Å². The zero-order valence-electron chi connectivity index (χ0n) is 9.47. The minimum Gasteiger partial charge on any atom is -0.388 e. The van der Waals surface area contributed by atoms with Gasteiger partial charge in [-0.1, -0.05) is 5.21 Å². The van der Waals surface area contributed by atoms with Crippen LogP contribution >= 0.6 is 0 Å². The third-order valence-corrected chi connectivity index (χ3v) is 2.90. The van der Waals surface area contributed by atoms with Gasteiger partial charge < -0.3 is 10.4 Å². The predicted octanol–water partition coefficient (Wildman–Crippen LogP) is -0.294. The Kier molecular flexibility index (Phi) is 2.67. The normalized spacial score (nSPS) is 19.2. The van der Waals surface area contributed by atoms with Gasteiger partial charge in [0.05, 0.1) is 11.8 Å². The number of carbonyl (C=O) groups excluding carboxylic acids is 1. The van der Waals surface area contributed by atoms with Gasteiger partial charge in [0.15, 0.2) is 5.69 Å². The van der Waals surface area contributed by atoms with E-state index in [1.807, 2.05) is 0 Å². The van der Waals surface area contributed by atoms with Gasteiger partial charge in [0.2, 0.25) is 0 Å². The summed E-state index contributed by atoms with van der Waals surface area (Å²) >= 11 is 0. The summed E-state index contributed by atoms with van der Waals surface area (Å²) in [5.41, 5.74) is -0.535. The molecule has 16 heavy (non-hydrogen) atoms. The Hall–Kier alpha value is -1.43. The number of hydrogen-bond donors (Lipinski definition) is 2. The molecule has 2 N–H and O–H groups in total. The van der Waals surface area contributed by atoms with Crippen molar-refractivity contribution in [3.05, 3.63) is 11.9 Å². The maximum absolute atomic E-state index is 11.6. The molecule has 6 heteroatoms. The van der Waals surface area contributed by atoms with Crippen LogP contribution in [-0.4, -0.2) is 38.2 Å². The molecule has 0 saturated heterocycles. The van der Waals surface area contributed by atoms with E-state index in [0.29, 0.717) is 5.92 Å². The zero-order valence-corrected chi connectivity index (χ0v) is 9.47. The number of carbonyl (C=O) groups is 1. The molecule has 1 fully saturated rings. The third kappa shape index (κ3) is 2.38. The van der Waals surface area contributed by atoms with Crippen LogP contribution in [0, 0.1) is 5.92 Å². The molecule has 0 bridgehead atoms. The van der Waals surface area contributed by atoms with Gasteiger partial charge in [-0.2, -0.15) is 0 Å². The van der Waals surface area contributed by atoms with Crippen LogP contribution in [0.4, 0.5) is 0 Å². The molecule has 88 valence electrons. The Labute approximate surface area is 93.6 Å². The molecule has 0 radical (unpaired) electrons. The highest BCUT2D eigenvalue weighted by Gasteiger charge is 2.40. The average Bonchev–Trinajstić information content (AvgIpc) is 2.99. The Balaban J connectivity index is 1.88. The van der Waals surface area contributed by atoms with Gasteiger partial charge >= 0.3 is 0 Å². The smallest absolute Gasteiger partial charge is 0.273 e. The molecule has 1 heterocycles. The van der Waals surface area contributed by atoms with E-state index in [1.165, 1.54) is 4.68 Å². The monoisotopic (exact) mass is 224 g/mol. The predicted molar refractivity (Wildman–Crippen MR) is 56.7 cm³/mol. The minimum atomic E-state index is -0.808. The number of rotatable bonds is 4. The minimum absolute atomic E-state index is 0.257. The fourth-order valence-electron chi connectivity index (χ4n) is 1.65. The fraction of sp³-hybridized carbons (Fsp3) is 0.700. The second-order valence-corrected chi connectivity index (χ2v) is 4.59. The maximum atomic E-state index is 11.6. The largest absolute Gasteiger partial charge is 0.388 e. The summed E-state index contributed by atoms with van der Waals surface area (Å²) in [6.07, 6.45) is 3.61. The molecular formula is C10H16N4O2. The molecule has 2 rings (SSSR count). The van der Waals surface area contributed by atoms with E-state index in [1.54, 1.807) is 20.2 Å². The van der Waals surface area contributed by atoms with E-state index >= 15 is 0 Å². The summed E-state index contributed by atoms with van der Waals surface area (Å²) in [5.74, 6) is 0.0173. The average molecular weight is 224 g/mol. The van der Waals surface area contributed by atoms with Gasteiger partial charge in [0, 0.05) is 13.6 Å². The van der Waals surface area contributed by atoms with Gasteiger partial charge in [-0.05, 0) is 25.7 Å². The van der Waals surface area contributed by atoms with E-state index in [2.05, 4.69) is 15.6 Å². The summed E-state index contributed by atoms with van der Waals surface area (Å²) < 4.78 is 1.47. The van der Waals surface area contributed by atoms with E-state index in [9.17, 15) is 9.90 Å². The van der Waals surface area contributed by atoms with Crippen LogP contribution in [0.5, 0.6) is 0 Å². The van der Waals surface area contributed by atoms with E-state index in [-0.39, 0.29) is 18.1 Å². The first kappa shape index (κ1) is 11.1. The van der Waals surface area contributed by atoms with Crippen LogP contribution < -0.4 is 5.32 Å². The summed E-state index contributed by atoms with van der Waals surface area (Å²) in [6, 6.07) is 0.